The number of furan rings is 1. The highest BCUT2D eigenvalue weighted by Gasteiger charge is 2.24. The van der Waals surface area contributed by atoms with Crippen LogP contribution in [0.15, 0.2) is 68.9 Å². The van der Waals surface area contributed by atoms with Gasteiger partial charge in [-0.05, 0) is 72.8 Å². The predicted molar refractivity (Wildman–Crippen MR) is 111 cm³/mol. The lowest BCUT2D eigenvalue weighted by molar-refractivity contribution is -0.115. The zero-order valence-corrected chi connectivity index (χ0v) is 16.3. The van der Waals surface area contributed by atoms with E-state index in [2.05, 4.69) is 10.3 Å². The number of hydrogen-bond donors (Lipinski definition) is 1. The highest BCUT2D eigenvalue weighted by atomic mass is 35.5. The Morgan fingerprint density at radius 1 is 1.14 bits per heavy atom. The number of thioether (sulfide) groups is 1. The molecule has 0 atom stereocenters. The number of rotatable bonds is 3. The Hall–Kier alpha value is -2.83. The van der Waals surface area contributed by atoms with Gasteiger partial charge < -0.3 is 9.73 Å². The topological polar surface area (TPSA) is 54.6 Å². The predicted octanol–water partition coefficient (Wildman–Crippen LogP) is 5.94. The molecule has 0 radical (unpaired) electrons. The summed E-state index contributed by atoms with van der Waals surface area (Å²) in [5, 5.41) is 3.76. The smallest absolute Gasteiger partial charge is 0.264 e. The number of nitrogens with one attached hydrogen (secondary N) is 1. The minimum absolute atomic E-state index is 0.261. The second-order valence-corrected chi connectivity index (χ2v) is 7.59. The third-order valence-electron chi connectivity index (χ3n) is 4.07. The largest absolute Gasteiger partial charge is 0.457 e. The molecule has 1 N–H and O–H groups in total. The minimum atomic E-state index is -0.337. The lowest BCUT2D eigenvalue weighted by Gasteiger charge is -2.02. The van der Waals surface area contributed by atoms with Crippen molar-refractivity contribution in [2.24, 2.45) is 4.99 Å². The van der Waals surface area contributed by atoms with Crippen LogP contribution in [-0.2, 0) is 4.79 Å². The van der Waals surface area contributed by atoms with Gasteiger partial charge >= 0.3 is 0 Å². The molecule has 0 bridgehead atoms. The zero-order chi connectivity index (χ0) is 19.7. The van der Waals surface area contributed by atoms with E-state index in [0.29, 0.717) is 32.3 Å². The van der Waals surface area contributed by atoms with Gasteiger partial charge in [0.2, 0.25) is 0 Å². The summed E-state index contributed by atoms with van der Waals surface area (Å²) in [5.74, 6) is 0.629. The normalized spacial score (nSPS) is 16.8. The quantitative estimate of drug-likeness (QED) is 0.541. The second-order valence-electron chi connectivity index (χ2n) is 6.12. The van der Waals surface area contributed by atoms with Crippen LogP contribution in [0, 0.1) is 12.7 Å². The number of carbonyl (C=O) groups excluding carboxylic acids is 1. The molecule has 7 heteroatoms. The van der Waals surface area contributed by atoms with E-state index in [0.717, 1.165) is 11.1 Å². The van der Waals surface area contributed by atoms with E-state index in [9.17, 15) is 9.18 Å². The first-order valence-electron chi connectivity index (χ1n) is 8.39. The molecular formula is C21H14ClFN2O2S. The van der Waals surface area contributed by atoms with E-state index < -0.39 is 0 Å². The molecular weight excluding hydrogens is 399 g/mol. The summed E-state index contributed by atoms with van der Waals surface area (Å²) >= 11 is 7.28. The van der Waals surface area contributed by atoms with Crippen molar-refractivity contribution in [3.05, 3.63) is 81.7 Å². The molecule has 1 aliphatic heterocycles. The molecule has 0 saturated carbocycles. The number of amides is 1. The first-order chi connectivity index (χ1) is 13.5. The number of carbonyl (C=O) groups is 1. The molecule has 1 aromatic heterocycles. The molecule has 1 aliphatic rings. The van der Waals surface area contributed by atoms with E-state index >= 15 is 0 Å². The number of hydrogen-bond acceptors (Lipinski definition) is 4. The van der Waals surface area contributed by atoms with Gasteiger partial charge in [-0.25, -0.2) is 9.38 Å². The van der Waals surface area contributed by atoms with Crippen molar-refractivity contribution in [3.63, 3.8) is 0 Å². The number of halogens is 2. The first-order valence-corrected chi connectivity index (χ1v) is 9.59. The standard InChI is InChI=1S/C21H14ClFN2O2S/c1-12-2-3-13(22)10-17(12)18-9-8-16(27-18)11-19-20(26)25-21(28-19)24-15-6-4-14(23)5-7-15/h2-11H,1H3,(H,24,25,26)/b19-11+. The van der Waals surface area contributed by atoms with Gasteiger partial charge in [-0.3, -0.25) is 4.79 Å². The van der Waals surface area contributed by atoms with Gasteiger partial charge in [-0.1, -0.05) is 17.7 Å². The van der Waals surface area contributed by atoms with E-state index in [1.165, 1.54) is 23.9 Å². The maximum Gasteiger partial charge on any atom is 0.264 e. The van der Waals surface area contributed by atoms with Crippen LogP contribution in [0.4, 0.5) is 10.1 Å². The van der Waals surface area contributed by atoms with Gasteiger partial charge in [0, 0.05) is 16.7 Å². The Labute approximate surface area is 170 Å². The Bertz CT molecular complexity index is 1120. The van der Waals surface area contributed by atoms with Crippen molar-refractivity contribution in [2.75, 3.05) is 0 Å². The zero-order valence-electron chi connectivity index (χ0n) is 14.7. The number of aryl methyl sites for hydroxylation is 1. The number of nitrogens with zero attached hydrogens (tertiary/aromatic N) is 1. The van der Waals surface area contributed by atoms with Crippen LogP contribution in [0.25, 0.3) is 17.4 Å². The highest BCUT2D eigenvalue weighted by molar-refractivity contribution is 8.18. The van der Waals surface area contributed by atoms with Gasteiger partial charge in [-0.2, -0.15) is 0 Å². The van der Waals surface area contributed by atoms with Crippen molar-refractivity contribution in [1.29, 1.82) is 0 Å². The van der Waals surface area contributed by atoms with Crippen molar-refractivity contribution in [1.82, 2.24) is 5.32 Å². The van der Waals surface area contributed by atoms with Crippen molar-refractivity contribution >= 4 is 46.2 Å². The molecule has 0 aliphatic carbocycles. The molecule has 2 heterocycles. The fourth-order valence-corrected chi connectivity index (χ4v) is 3.67. The van der Waals surface area contributed by atoms with Crippen molar-refractivity contribution < 1.29 is 13.6 Å². The first kappa shape index (κ1) is 18.5. The molecule has 1 saturated heterocycles. The summed E-state index contributed by atoms with van der Waals surface area (Å²) in [6.07, 6.45) is 1.66. The lowest BCUT2D eigenvalue weighted by atomic mass is 10.1. The van der Waals surface area contributed by atoms with Gasteiger partial charge in [0.15, 0.2) is 5.17 Å². The Kier molecular flexibility index (Phi) is 5.07. The highest BCUT2D eigenvalue weighted by Crippen LogP contribution is 2.32. The summed E-state index contributed by atoms with van der Waals surface area (Å²) in [6, 6.07) is 15.0. The van der Waals surface area contributed by atoms with E-state index in [-0.39, 0.29) is 11.7 Å². The Balaban J connectivity index is 1.56. The molecule has 1 fully saturated rings. The second kappa shape index (κ2) is 7.66. The van der Waals surface area contributed by atoms with Crippen LogP contribution < -0.4 is 5.32 Å². The maximum atomic E-state index is 13.0. The SMILES string of the molecule is Cc1ccc(Cl)cc1-c1ccc(/C=C2/SC(=Nc3ccc(F)cc3)NC2=O)o1. The van der Waals surface area contributed by atoms with Crippen molar-refractivity contribution in [2.45, 2.75) is 6.92 Å². The summed E-state index contributed by atoms with van der Waals surface area (Å²) in [6.45, 7) is 1.98. The van der Waals surface area contributed by atoms with E-state index in [1.54, 1.807) is 24.3 Å². The van der Waals surface area contributed by atoms with Gasteiger partial charge in [0.1, 0.15) is 17.3 Å². The molecule has 0 spiro atoms. The Morgan fingerprint density at radius 3 is 2.71 bits per heavy atom. The van der Waals surface area contributed by atoms with Crippen LogP contribution >= 0.6 is 23.4 Å². The molecule has 0 unspecified atom stereocenters. The minimum Gasteiger partial charge on any atom is -0.457 e. The molecule has 1 amide bonds. The average Bonchev–Trinajstić information content (AvgIpc) is 3.26. The van der Waals surface area contributed by atoms with Crippen molar-refractivity contribution in [3.8, 4) is 11.3 Å². The van der Waals surface area contributed by atoms with Crippen LogP contribution in [0.5, 0.6) is 0 Å². The molecule has 4 nitrogen and oxygen atoms in total. The lowest BCUT2D eigenvalue weighted by Crippen LogP contribution is -2.19. The third kappa shape index (κ3) is 4.03. The third-order valence-corrected chi connectivity index (χ3v) is 5.22. The summed E-state index contributed by atoms with van der Waals surface area (Å²) in [5.41, 5.74) is 2.50. The molecule has 3 aromatic rings. The molecule has 2 aromatic carbocycles. The van der Waals surface area contributed by atoms with Gasteiger partial charge in [-0.15, -0.1) is 0 Å². The maximum absolute atomic E-state index is 13.0. The summed E-state index contributed by atoms with van der Waals surface area (Å²) in [4.78, 5) is 17.0. The van der Waals surface area contributed by atoms with E-state index in [1.807, 2.05) is 31.2 Å². The van der Waals surface area contributed by atoms with Crippen LogP contribution in [-0.4, -0.2) is 11.1 Å². The number of amidine groups is 1. The Morgan fingerprint density at radius 2 is 1.93 bits per heavy atom. The number of aliphatic imine (C=N–C) groups is 1. The van der Waals surface area contributed by atoms with Crippen LogP contribution in [0.2, 0.25) is 5.02 Å². The van der Waals surface area contributed by atoms with E-state index in [4.69, 9.17) is 16.0 Å². The summed E-state index contributed by atoms with van der Waals surface area (Å²) in [7, 11) is 0. The molecule has 28 heavy (non-hydrogen) atoms. The fourth-order valence-electron chi connectivity index (χ4n) is 2.68. The monoisotopic (exact) mass is 412 g/mol. The summed E-state index contributed by atoms with van der Waals surface area (Å²) < 4.78 is 18.9. The number of benzene rings is 2. The molecule has 4 rings (SSSR count). The van der Waals surface area contributed by atoms with Crippen LogP contribution in [0.3, 0.4) is 0 Å². The van der Waals surface area contributed by atoms with Gasteiger partial charge in [0.25, 0.3) is 5.91 Å². The molecule has 140 valence electrons. The van der Waals surface area contributed by atoms with Crippen LogP contribution in [0.1, 0.15) is 11.3 Å². The van der Waals surface area contributed by atoms with Gasteiger partial charge in [0.05, 0.1) is 10.6 Å². The fraction of sp³-hybridized carbons (Fsp3) is 0.0476. The average molecular weight is 413 g/mol.